The number of ether oxygens (including phenoxy) is 2. The van der Waals surface area contributed by atoms with E-state index in [4.69, 9.17) is 21.1 Å². The number of anilines is 1. The predicted molar refractivity (Wildman–Crippen MR) is 136 cm³/mol. The molecule has 206 valence electrons. The maximum atomic E-state index is 15.7. The highest BCUT2D eigenvalue weighted by Crippen LogP contribution is 2.42. The van der Waals surface area contributed by atoms with Crippen LogP contribution in [0.15, 0.2) is 31.1 Å². The fraction of sp³-hybridized carbons (Fsp3) is 0.480. The Morgan fingerprint density at radius 2 is 2.00 bits per heavy atom. The third-order valence-electron chi connectivity index (χ3n) is 6.40. The van der Waals surface area contributed by atoms with Gasteiger partial charge in [0.1, 0.15) is 34.9 Å². The van der Waals surface area contributed by atoms with Gasteiger partial charge in [-0.3, -0.25) is 4.90 Å². The van der Waals surface area contributed by atoms with Gasteiger partial charge in [0.15, 0.2) is 0 Å². The summed E-state index contributed by atoms with van der Waals surface area (Å²) in [6.07, 6.45) is -1.39. The molecular weight excluding hydrogens is 528 g/mol. The third kappa shape index (κ3) is 6.02. The van der Waals surface area contributed by atoms with E-state index in [2.05, 4.69) is 26.5 Å². The molecule has 8 nitrogen and oxygen atoms in total. The molecule has 0 bridgehead atoms. The molecule has 0 spiro atoms. The molecule has 0 saturated carbocycles. The monoisotopic (exact) mass is 556 g/mol. The highest BCUT2D eigenvalue weighted by molar-refractivity contribution is 6.33. The Labute approximate surface area is 222 Å². The number of alkyl halides is 3. The molecule has 1 unspecified atom stereocenters. The van der Waals surface area contributed by atoms with Gasteiger partial charge in [-0.25, -0.2) is 4.39 Å². The topological polar surface area (TPSA) is 68.0 Å². The van der Waals surface area contributed by atoms with Crippen LogP contribution in [0.25, 0.3) is 16.9 Å². The number of morpholine rings is 1. The second-order valence-electron chi connectivity index (χ2n) is 8.98. The lowest BCUT2D eigenvalue weighted by atomic mass is 10.00. The van der Waals surface area contributed by atoms with Gasteiger partial charge in [0.05, 0.1) is 25.4 Å². The van der Waals surface area contributed by atoms with Gasteiger partial charge in [-0.2, -0.15) is 32.8 Å². The Kier molecular flexibility index (Phi) is 8.74. The van der Waals surface area contributed by atoms with Crippen LogP contribution in [-0.4, -0.2) is 82.7 Å². The van der Waals surface area contributed by atoms with E-state index in [-0.39, 0.29) is 34.4 Å². The lowest BCUT2D eigenvalue weighted by Crippen LogP contribution is -2.45. The molecule has 38 heavy (non-hydrogen) atoms. The van der Waals surface area contributed by atoms with Crippen molar-refractivity contribution in [3.05, 3.63) is 47.6 Å². The second kappa shape index (κ2) is 11.8. The van der Waals surface area contributed by atoms with Crippen molar-refractivity contribution in [1.29, 1.82) is 0 Å². The van der Waals surface area contributed by atoms with E-state index < -0.39 is 18.0 Å². The number of hydrogen-bond donors (Lipinski definition) is 0. The fourth-order valence-electron chi connectivity index (χ4n) is 4.44. The Bertz CT molecular complexity index is 1260. The van der Waals surface area contributed by atoms with Crippen molar-refractivity contribution in [3.63, 3.8) is 0 Å². The Morgan fingerprint density at radius 3 is 2.66 bits per heavy atom. The minimum Gasteiger partial charge on any atom is -0.493 e. The summed E-state index contributed by atoms with van der Waals surface area (Å²) in [7, 11) is 0. The minimum atomic E-state index is -4.60. The molecule has 0 N–H and O–H groups in total. The first-order valence-electron chi connectivity index (χ1n) is 12.2. The molecule has 2 aromatic heterocycles. The molecule has 1 aromatic carbocycles. The van der Waals surface area contributed by atoms with Crippen molar-refractivity contribution in [2.24, 2.45) is 0 Å². The molecule has 1 aliphatic rings. The molecule has 13 heteroatoms. The summed E-state index contributed by atoms with van der Waals surface area (Å²) in [6.45, 7) is 10.4. The Hall–Kier alpha value is -2.96. The van der Waals surface area contributed by atoms with Gasteiger partial charge in [-0.1, -0.05) is 17.7 Å². The number of benzene rings is 1. The van der Waals surface area contributed by atoms with E-state index >= 15 is 4.39 Å². The van der Waals surface area contributed by atoms with Gasteiger partial charge in [-0.05, 0) is 31.9 Å². The van der Waals surface area contributed by atoms with Gasteiger partial charge in [0.2, 0.25) is 0 Å². The van der Waals surface area contributed by atoms with Crippen molar-refractivity contribution in [3.8, 4) is 16.9 Å². The molecule has 4 rings (SSSR count). The first-order chi connectivity index (χ1) is 18.1. The van der Waals surface area contributed by atoms with E-state index in [9.17, 15) is 13.2 Å². The normalized spacial score (nSPS) is 15.6. The van der Waals surface area contributed by atoms with Crippen LogP contribution in [-0.2, 0) is 4.74 Å². The number of nitrogens with zero attached hydrogens (tertiary/aromatic N) is 6. The predicted octanol–water partition coefficient (Wildman–Crippen LogP) is 4.94. The summed E-state index contributed by atoms with van der Waals surface area (Å²) in [6, 6.07) is 0.861. The van der Waals surface area contributed by atoms with Crippen LogP contribution in [0.5, 0.6) is 5.75 Å². The van der Waals surface area contributed by atoms with Gasteiger partial charge >= 0.3 is 6.18 Å². The quantitative estimate of drug-likeness (QED) is 0.152. The van der Waals surface area contributed by atoms with Crippen LogP contribution >= 0.6 is 11.6 Å². The van der Waals surface area contributed by atoms with Gasteiger partial charge in [-0.15, -0.1) is 6.58 Å². The van der Waals surface area contributed by atoms with Crippen LogP contribution in [0.3, 0.4) is 0 Å². The summed E-state index contributed by atoms with van der Waals surface area (Å²) in [5.74, 6) is -0.514. The number of aromatic nitrogens is 4. The maximum Gasteiger partial charge on any atom is 0.408 e. The number of hydrogen-bond acceptors (Lipinski definition) is 7. The van der Waals surface area contributed by atoms with Crippen molar-refractivity contribution in [1.82, 2.24) is 24.5 Å². The lowest BCUT2D eigenvalue weighted by Gasteiger charge is -2.33. The summed E-state index contributed by atoms with van der Waals surface area (Å²) in [4.78, 5) is 11.4. The zero-order valence-electron chi connectivity index (χ0n) is 21.1. The van der Waals surface area contributed by atoms with E-state index in [0.717, 1.165) is 48.7 Å². The molecule has 0 amide bonds. The largest absolute Gasteiger partial charge is 0.493 e. The number of halogens is 5. The molecule has 1 saturated heterocycles. The van der Waals surface area contributed by atoms with Crippen molar-refractivity contribution in [2.75, 3.05) is 50.9 Å². The van der Waals surface area contributed by atoms with Gasteiger partial charge in [0, 0.05) is 37.8 Å². The molecule has 0 radical (unpaired) electrons. The van der Waals surface area contributed by atoms with Crippen molar-refractivity contribution >= 4 is 23.2 Å². The standard InChI is InChI=1S/C25H29ClF4N6O2/c1-4-6-35(17(3)25(28,29)30)23-21(22(26)33-24-31-15-32-36(23)24)20-16(2)13-18(14-19(20)27)38-10-5-7-34-8-11-37-12-9-34/h4,13-15,17H,1,5-12H2,2-3H3. The van der Waals surface area contributed by atoms with Gasteiger partial charge in [0.25, 0.3) is 5.78 Å². The molecule has 1 fully saturated rings. The van der Waals surface area contributed by atoms with Crippen LogP contribution in [0.4, 0.5) is 23.4 Å². The van der Waals surface area contributed by atoms with Crippen LogP contribution in [0.2, 0.25) is 5.15 Å². The number of aryl methyl sites for hydroxylation is 1. The third-order valence-corrected chi connectivity index (χ3v) is 6.67. The zero-order chi connectivity index (χ0) is 27.4. The first-order valence-corrected chi connectivity index (χ1v) is 12.6. The molecule has 3 heterocycles. The van der Waals surface area contributed by atoms with E-state index in [1.807, 2.05) is 0 Å². The molecular formula is C25H29ClF4N6O2. The second-order valence-corrected chi connectivity index (χ2v) is 9.34. The molecule has 0 aliphatic carbocycles. The SMILES string of the molecule is C=CCN(c1c(-c2c(C)cc(OCCCN3CCOCC3)cc2F)c(Cl)nc2ncnn12)C(C)C(F)(F)F. The van der Waals surface area contributed by atoms with E-state index in [1.54, 1.807) is 13.0 Å². The zero-order valence-corrected chi connectivity index (χ0v) is 21.9. The van der Waals surface area contributed by atoms with E-state index in [1.165, 1.54) is 12.1 Å². The van der Waals surface area contributed by atoms with Crippen LogP contribution in [0.1, 0.15) is 18.9 Å². The number of fused-ring (bicyclic) bond motifs is 1. The smallest absolute Gasteiger partial charge is 0.408 e. The maximum absolute atomic E-state index is 15.7. The molecule has 3 aromatic rings. The van der Waals surface area contributed by atoms with Gasteiger partial charge < -0.3 is 14.4 Å². The summed E-state index contributed by atoms with van der Waals surface area (Å²) < 4.78 is 69.6. The molecule has 1 aliphatic heterocycles. The summed E-state index contributed by atoms with van der Waals surface area (Å²) in [5.41, 5.74) is 0.381. The van der Waals surface area contributed by atoms with E-state index in [0.29, 0.717) is 31.1 Å². The minimum absolute atomic E-state index is 0.000923. The first kappa shape index (κ1) is 28.1. The molecule has 1 atom stereocenters. The summed E-state index contributed by atoms with van der Waals surface area (Å²) >= 11 is 6.49. The van der Waals surface area contributed by atoms with Crippen molar-refractivity contribution < 1.29 is 27.0 Å². The Balaban J connectivity index is 1.70. The Morgan fingerprint density at radius 1 is 1.26 bits per heavy atom. The average molecular weight is 557 g/mol. The fourth-order valence-corrected chi connectivity index (χ4v) is 4.70. The van der Waals surface area contributed by atoms with Crippen LogP contribution in [0, 0.1) is 12.7 Å². The van der Waals surface area contributed by atoms with Crippen molar-refractivity contribution in [2.45, 2.75) is 32.5 Å². The van der Waals surface area contributed by atoms with Crippen LogP contribution < -0.4 is 9.64 Å². The summed E-state index contributed by atoms with van der Waals surface area (Å²) in [5, 5.41) is 3.86. The lowest BCUT2D eigenvalue weighted by molar-refractivity contribution is -0.144. The average Bonchev–Trinajstić information content (AvgIpc) is 3.33. The highest BCUT2D eigenvalue weighted by atomic mass is 35.5. The number of rotatable bonds is 10. The highest BCUT2D eigenvalue weighted by Gasteiger charge is 2.42.